The summed E-state index contributed by atoms with van der Waals surface area (Å²) in [5, 5.41) is 6.08. The van der Waals surface area contributed by atoms with E-state index in [4.69, 9.17) is 9.47 Å². The highest BCUT2D eigenvalue weighted by atomic mass is 16.5. The lowest BCUT2D eigenvalue weighted by atomic mass is 10.1. The zero-order valence-corrected chi connectivity index (χ0v) is 16.5. The number of ether oxygens (including phenoxy) is 2. The van der Waals surface area contributed by atoms with Gasteiger partial charge in [-0.15, -0.1) is 0 Å². The minimum absolute atomic E-state index is 0.118. The van der Waals surface area contributed by atoms with Gasteiger partial charge in [0.05, 0.1) is 19.7 Å². The summed E-state index contributed by atoms with van der Waals surface area (Å²) < 4.78 is 10.8. The van der Waals surface area contributed by atoms with Crippen molar-refractivity contribution in [1.29, 1.82) is 0 Å². The highest BCUT2D eigenvalue weighted by Gasteiger charge is 2.13. The number of amides is 1. The fraction of sp³-hybridized carbons (Fsp3) is 0.227. The van der Waals surface area contributed by atoms with Crippen LogP contribution in [-0.2, 0) is 0 Å². The molecule has 7 nitrogen and oxygen atoms in total. The molecule has 150 valence electrons. The molecule has 2 aromatic carbocycles. The van der Waals surface area contributed by atoms with Crippen molar-refractivity contribution >= 4 is 11.7 Å². The molecule has 3 rings (SSSR count). The summed E-state index contributed by atoms with van der Waals surface area (Å²) in [5.74, 6) is 1.85. The number of hydrogen-bond donors (Lipinski definition) is 2. The van der Waals surface area contributed by atoms with E-state index in [0.717, 1.165) is 17.1 Å². The second kappa shape index (κ2) is 10.1. The van der Waals surface area contributed by atoms with Crippen LogP contribution in [0.25, 0.3) is 0 Å². The molecular weight excluding hydrogens is 368 g/mol. The van der Waals surface area contributed by atoms with E-state index in [1.165, 1.54) is 6.33 Å². The normalized spacial score (nSPS) is 11.4. The van der Waals surface area contributed by atoms with Crippen LogP contribution in [0.1, 0.15) is 29.0 Å². The predicted octanol–water partition coefficient (Wildman–Crippen LogP) is 3.47. The van der Waals surface area contributed by atoms with Crippen LogP contribution in [0.15, 0.2) is 67.0 Å². The van der Waals surface area contributed by atoms with E-state index in [9.17, 15) is 4.79 Å². The first kappa shape index (κ1) is 20.1. The molecule has 3 aromatic rings. The topological polar surface area (TPSA) is 85.4 Å². The Kier molecular flexibility index (Phi) is 7.00. The minimum atomic E-state index is -0.249. The van der Waals surface area contributed by atoms with Crippen molar-refractivity contribution in [3.8, 4) is 11.5 Å². The van der Waals surface area contributed by atoms with Gasteiger partial charge in [-0.1, -0.05) is 30.3 Å². The Morgan fingerprint density at radius 2 is 1.76 bits per heavy atom. The Balaban J connectivity index is 1.49. The first-order chi connectivity index (χ1) is 14.2. The SMILES string of the molecule is COc1ccc(OCCNc2cc(C(=O)NC(C)c3ccccc3)ncn2)cc1. The van der Waals surface area contributed by atoms with Crippen molar-refractivity contribution in [2.24, 2.45) is 0 Å². The van der Waals surface area contributed by atoms with E-state index in [-0.39, 0.29) is 11.9 Å². The number of hydrogen-bond acceptors (Lipinski definition) is 6. The van der Waals surface area contributed by atoms with Gasteiger partial charge in [-0.05, 0) is 36.8 Å². The Morgan fingerprint density at radius 1 is 1.03 bits per heavy atom. The van der Waals surface area contributed by atoms with Crippen molar-refractivity contribution in [3.05, 3.63) is 78.2 Å². The fourth-order valence-electron chi connectivity index (χ4n) is 2.69. The molecule has 1 atom stereocenters. The lowest BCUT2D eigenvalue weighted by molar-refractivity contribution is 0.0934. The summed E-state index contributed by atoms with van der Waals surface area (Å²) in [6.07, 6.45) is 1.37. The lowest BCUT2D eigenvalue weighted by Gasteiger charge is -2.14. The maximum atomic E-state index is 12.5. The summed E-state index contributed by atoms with van der Waals surface area (Å²) >= 11 is 0. The molecule has 0 saturated heterocycles. The maximum Gasteiger partial charge on any atom is 0.270 e. The zero-order chi connectivity index (χ0) is 20.5. The number of anilines is 1. The molecule has 0 aliphatic carbocycles. The van der Waals surface area contributed by atoms with Crippen LogP contribution in [0.2, 0.25) is 0 Å². The third-order valence-electron chi connectivity index (χ3n) is 4.28. The van der Waals surface area contributed by atoms with Crippen molar-refractivity contribution in [2.75, 3.05) is 25.6 Å². The highest BCUT2D eigenvalue weighted by Crippen LogP contribution is 2.17. The Bertz CT molecular complexity index is 917. The van der Waals surface area contributed by atoms with Gasteiger partial charge in [0.25, 0.3) is 5.91 Å². The lowest BCUT2D eigenvalue weighted by Crippen LogP contribution is -2.27. The number of rotatable bonds is 9. The molecule has 1 unspecified atom stereocenters. The van der Waals surface area contributed by atoms with E-state index in [1.807, 2.05) is 61.5 Å². The van der Waals surface area contributed by atoms with Crippen LogP contribution < -0.4 is 20.1 Å². The molecule has 0 fully saturated rings. The van der Waals surface area contributed by atoms with E-state index in [1.54, 1.807) is 13.2 Å². The largest absolute Gasteiger partial charge is 0.497 e. The van der Waals surface area contributed by atoms with Gasteiger partial charge in [0, 0.05) is 6.07 Å². The summed E-state index contributed by atoms with van der Waals surface area (Å²) in [6.45, 7) is 2.91. The van der Waals surface area contributed by atoms with Crippen molar-refractivity contribution in [2.45, 2.75) is 13.0 Å². The molecule has 0 aliphatic rings. The third-order valence-corrected chi connectivity index (χ3v) is 4.28. The van der Waals surface area contributed by atoms with Gasteiger partial charge in [-0.3, -0.25) is 4.79 Å². The Labute approximate surface area is 170 Å². The van der Waals surface area contributed by atoms with Crippen molar-refractivity contribution in [1.82, 2.24) is 15.3 Å². The van der Waals surface area contributed by atoms with E-state index >= 15 is 0 Å². The molecule has 0 saturated carbocycles. The zero-order valence-electron chi connectivity index (χ0n) is 16.5. The number of nitrogens with zero attached hydrogens (tertiary/aromatic N) is 2. The van der Waals surface area contributed by atoms with Gasteiger partial charge in [0.15, 0.2) is 0 Å². The number of methoxy groups -OCH3 is 1. The molecule has 7 heteroatoms. The molecule has 0 spiro atoms. The van der Waals surface area contributed by atoms with Gasteiger partial charge in [-0.2, -0.15) is 0 Å². The quantitative estimate of drug-likeness (QED) is 0.543. The summed E-state index contributed by atoms with van der Waals surface area (Å²) in [7, 11) is 1.62. The molecule has 0 aliphatic heterocycles. The molecule has 0 bridgehead atoms. The maximum absolute atomic E-state index is 12.5. The smallest absolute Gasteiger partial charge is 0.270 e. The second-order valence-corrected chi connectivity index (χ2v) is 6.35. The molecule has 1 aromatic heterocycles. The Hall–Kier alpha value is -3.61. The van der Waals surface area contributed by atoms with Crippen LogP contribution >= 0.6 is 0 Å². The molecule has 2 N–H and O–H groups in total. The average Bonchev–Trinajstić information content (AvgIpc) is 2.78. The van der Waals surface area contributed by atoms with Crippen molar-refractivity contribution < 1.29 is 14.3 Å². The van der Waals surface area contributed by atoms with Gasteiger partial charge in [-0.25, -0.2) is 9.97 Å². The van der Waals surface area contributed by atoms with Gasteiger partial charge in [0.2, 0.25) is 0 Å². The predicted molar refractivity (Wildman–Crippen MR) is 111 cm³/mol. The summed E-state index contributed by atoms with van der Waals surface area (Å²) in [6, 6.07) is 18.7. The highest BCUT2D eigenvalue weighted by molar-refractivity contribution is 5.93. The van der Waals surface area contributed by atoms with Gasteiger partial charge >= 0.3 is 0 Å². The van der Waals surface area contributed by atoms with Crippen LogP contribution in [0.3, 0.4) is 0 Å². The number of benzene rings is 2. The van der Waals surface area contributed by atoms with Crippen LogP contribution in [0.4, 0.5) is 5.82 Å². The standard InChI is InChI=1S/C22H24N4O3/c1-16(17-6-4-3-5-7-17)26-22(27)20-14-21(25-15-24-20)23-12-13-29-19-10-8-18(28-2)9-11-19/h3-11,14-16H,12-13H2,1-2H3,(H,26,27)(H,23,24,25). The second-order valence-electron chi connectivity index (χ2n) is 6.35. The molecular formula is C22H24N4O3. The van der Waals surface area contributed by atoms with E-state index in [0.29, 0.717) is 24.7 Å². The molecule has 1 amide bonds. The number of carbonyl (C=O) groups excluding carboxylic acids is 1. The fourth-order valence-corrected chi connectivity index (χ4v) is 2.69. The number of carbonyl (C=O) groups is 1. The number of nitrogens with one attached hydrogen (secondary N) is 2. The van der Waals surface area contributed by atoms with Gasteiger partial charge in [0.1, 0.15) is 35.9 Å². The average molecular weight is 392 g/mol. The molecule has 29 heavy (non-hydrogen) atoms. The van der Waals surface area contributed by atoms with Crippen molar-refractivity contribution in [3.63, 3.8) is 0 Å². The van der Waals surface area contributed by atoms with Gasteiger partial charge < -0.3 is 20.1 Å². The Morgan fingerprint density at radius 3 is 2.48 bits per heavy atom. The number of aromatic nitrogens is 2. The third kappa shape index (κ3) is 5.93. The van der Waals surface area contributed by atoms with Crippen LogP contribution in [-0.4, -0.2) is 36.1 Å². The summed E-state index contributed by atoms with van der Waals surface area (Å²) in [5.41, 5.74) is 1.34. The van der Waals surface area contributed by atoms with E-state index in [2.05, 4.69) is 20.6 Å². The van der Waals surface area contributed by atoms with Crippen LogP contribution in [0.5, 0.6) is 11.5 Å². The first-order valence-electron chi connectivity index (χ1n) is 9.34. The monoisotopic (exact) mass is 392 g/mol. The molecule has 1 heterocycles. The van der Waals surface area contributed by atoms with Crippen LogP contribution in [0, 0.1) is 0 Å². The molecule has 0 radical (unpaired) electrons. The van der Waals surface area contributed by atoms with E-state index < -0.39 is 0 Å². The first-order valence-corrected chi connectivity index (χ1v) is 9.34. The summed E-state index contributed by atoms with van der Waals surface area (Å²) in [4.78, 5) is 20.7. The minimum Gasteiger partial charge on any atom is -0.497 e.